The highest BCUT2D eigenvalue weighted by Gasteiger charge is 2.63. The molecular weight excluding hydrogens is 404 g/mol. The number of carboxylic acids is 1. The fourth-order valence-electron chi connectivity index (χ4n) is 8.82. The largest absolute Gasteiger partial charge is 0.481 e. The number of hydrogen-bond acceptors (Lipinski definition) is 4. The molecule has 0 radical (unpaired) electrons. The number of ether oxygens (including phenoxy) is 2. The summed E-state index contributed by atoms with van der Waals surface area (Å²) in [5.74, 6) is -0.140. The Bertz CT molecular complexity index is 798. The van der Waals surface area contributed by atoms with Gasteiger partial charge in [-0.1, -0.05) is 25.5 Å². The molecule has 1 unspecified atom stereocenters. The summed E-state index contributed by atoms with van der Waals surface area (Å²) in [5, 5.41) is 9.90. The second-order valence-corrected chi connectivity index (χ2v) is 11.9. The molecule has 0 aromatic carbocycles. The Balaban J connectivity index is 1.36. The van der Waals surface area contributed by atoms with E-state index >= 15 is 0 Å². The molecular formula is C27H40O5. The lowest BCUT2D eigenvalue weighted by atomic mass is 9.47. The number of rotatable bonds is 4. The molecule has 9 atom stereocenters. The summed E-state index contributed by atoms with van der Waals surface area (Å²) < 4.78 is 12.2. The topological polar surface area (TPSA) is 72.8 Å². The highest BCUT2D eigenvalue weighted by molar-refractivity contribution is 5.86. The van der Waals surface area contributed by atoms with Crippen LogP contribution < -0.4 is 0 Å². The van der Waals surface area contributed by atoms with E-state index in [1.54, 1.807) is 12.5 Å². The molecule has 178 valence electrons. The van der Waals surface area contributed by atoms with Gasteiger partial charge in [-0.15, -0.1) is 0 Å². The average molecular weight is 445 g/mol. The van der Waals surface area contributed by atoms with Crippen LogP contribution in [0.4, 0.5) is 0 Å². The maximum atomic E-state index is 12.6. The van der Waals surface area contributed by atoms with Gasteiger partial charge in [0.2, 0.25) is 0 Å². The molecule has 1 saturated heterocycles. The molecule has 1 N–H and O–H groups in total. The van der Waals surface area contributed by atoms with E-state index in [9.17, 15) is 14.7 Å². The molecule has 0 spiro atoms. The second kappa shape index (κ2) is 8.23. The molecule has 3 saturated carbocycles. The first-order valence-corrected chi connectivity index (χ1v) is 12.9. The molecule has 32 heavy (non-hydrogen) atoms. The van der Waals surface area contributed by atoms with Crippen LogP contribution >= 0.6 is 0 Å². The Morgan fingerprint density at radius 3 is 2.62 bits per heavy atom. The minimum atomic E-state index is -0.779. The van der Waals surface area contributed by atoms with Crippen LogP contribution in [0.1, 0.15) is 85.0 Å². The van der Waals surface area contributed by atoms with E-state index in [-0.39, 0.29) is 34.9 Å². The molecule has 0 bridgehead atoms. The van der Waals surface area contributed by atoms with Crippen LogP contribution in [0.15, 0.2) is 11.6 Å². The van der Waals surface area contributed by atoms with Gasteiger partial charge in [-0.25, -0.2) is 0 Å². The summed E-state index contributed by atoms with van der Waals surface area (Å²) >= 11 is 0. The monoisotopic (exact) mass is 444 g/mol. The first kappa shape index (κ1) is 22.6. The molecule has 1 heterocycles. The zero-order valence-corrected chi connectivity index (χ0v) is 20.0. The number of carbonyl (C=O) groups is 2. The Hall–Kier alpha value is -1.20. The number of ketones is 1. The van der Waals surface area contributed by atoms with Gasteiger partial charge in [-0.3, -0.25) is 9.59 Å². The van der Waals surface area contributed by atoms with Gasteiger partial charge in [0.15, 0.2) is 6.29 Å². The quantitative estimate of drug-likeness (QED) is 0.590. The number of allylic oxidation sites excluding steroid dienone is 1. The maximum absolute atomic E-state index is 12.6. The van der Waals surface area contributed by atoms with Gasteiger partial charge in [0, 0.05) is 12.5 Å². The predicted octanol–water partition coefficient (Wildman–Crippen LogP) is 5.38. The van der Waals surface area contributed by atoms with Crippen LogP contribution in [0.25, 0.3) is 0 Å². The van der Waals surface area contributed by atoms with Gasteiger partial charge in [0.05, 0.1) is 12.0 Å². The van der Waals surface area contributed by atoms with Gasteiger partial charge in [0.1, 0.15) is 5.78 Å². The summed E-state index contributed by atoms with van der Waals surface area (Å²) in [5.41, 5.74) is 1.58. The molecule has 1 aliphatic heterocycles. The van der Waals surface area contributed by atoms with Crippen LogP contribution in [-0.2, 0) is 19.1 Å². The van der Waals surface area contributed by atoms with Crippen LogP contribution in [0, 0.1) is 40.4 Å². The minimum absolute atomic E-state index is 0.0274. The lowest BCUT2D eigenvalue weighted by molar-refractivity contribution is -0.195. The highest BCUT2D eigenvalue weighted by atomic mass is 16.7. The smallest absolute Gasteiger partial charge is 0.307 e. The van der Waals surface area contributed by atoms with Crippen molar-refractivity contribution < 1.29 is 24.2 Å². The van der Waals surface area contributed by atoms with Gasteiger partial charge in [-0.05, 0) is 99.7 Å². The Morgan fingerprint density at radius 1 is 1.12 bits per heavy atom. The van der Waals surface area contributed by atoms with Crippen molar-refractivity contribution in [3.63, 3.8) is 0 Å². The van der Waals surface area contributed by atoms with Crippen LogP contribution in [0.5, 0.6) is 0 Å². The van der Waals surface area contributed by atoms with E-state index in [2.05, 4.69) is 19.9 Å². The van der Waals surface area contributed by atoms with Crippen molar-refractivity contribution >= 4 is 11.8 Å². The zero-order valence-electron chi connectivity index (χ0n) is 20.0. The van der Waals surface area contributed by atoms with E-state index in [4.69, 9.17) is 9.47 Å². The molecule has 0 aromatic rings. The first-order valence-electron chi connectivity index (χ1n) is 12.9. The van der Waals surface area contributed by atoms with E-state index in [1.807, 2.05) is 0 Å². The summed E-state index contributed by atoms with van der Waals surface area (Å²) in [6.45, 7) is 7.11. The summed E-state index contributed by atoms with van der Waals surface area (Å²) in [4.78, 5) is 24.6. The molecule has 0 amide bonds. The van der Waals surface area contributed by atoms with E-state index < -0.39 is 11.9 Å². The van der Waals surface area contributed by atoms with Crippen molar-refractivity contribution in [1.29, 1.82) is 0 Å². The molecule has 4 fully saturated rings. The van der Waals surface area contributed by atoms with Crippen LogP contribution in [0.2, 0.25) is 0 Å². The summed E-state index contributed by atoms with van der Waals surface area (Å²) in [6.07, 6.45) is 13.1. The summed E-state index contributed by atoms with van der Waals surface area (Å²) in [7, 11) is 0. The fourth-order valence-corrected chi connectivity index (χ4v) is 8.82. The standard InChI is InChI=1S/C27H40O5/c1-16(28)24-20(25(29)30)15-22-19-8-7-17-14-18(32-23-6-4-5-13-31-23)9-11-26(17,2)21(19)10-12-27(22,24)3/h7,18-24H,4-6,8-15H2,1-3H3,(H,29,30)/t18-,19+,20+,21-,22-,23?,24-,26-,27-/m0/s1. The minimum Gasteiger partial charge on any atom is -0.481 e. The number of fused-ring (bicyclic) bond motifs is 5. The van der Waals surface area contributed by atoms with Crippen molar-refractivity contribution in [2.24, 2.45) is 40.4 Å². The third-order valence-electron chi connectivity index (χ3n) is 10.4. The molecule has 0 aromatic heterocycles. The lowest BCUT2D eigenvalue weighted by Gasteiger charge is -2.58. The predicted molar refractivity (Wildman–Crippen MR) is 121 cm³/mol. The van der Waals surface area contributed by atoms with Gasteiger partial charge in [0.25, 0.3) is 0 Å². The van der Waals surface area contributed by atoms with Gasteiger partial charge < -0.3 is 14.6 Å². The van der Waals surface area contributed by atoms with Crippen LogP contribution in [-0.4, -0.2) is 35.9 Å². The van der Waals surface area contributed by atoms with Gasteiger partial charge in [-0.2, -0.15) is 0 Å². The Kier molecular flexibility index (Phi) is 5.81. The van der Waals surface area contributed by atoms with Crippen molar-refractivity contribution in [2.75, 3.05) is 6.61 Å². The Labute approximate surface area is 192 Å². The number of carboxylic acid groups (broad SMARTS) is 1. The lowest BCUT2D eigenvalue weighted by Crippen LogP contribution is -2.51. The zero-order chi connectivity index (χ0) is 22.7. The van der Waals surface area contributed by atoms with Crippen molar-refractivity contribution in [1.82, 2.24) is 0 Å². The fraction of sp³-hybridized carbons (Fsp3) is 0.852. The van der Waals surface area contributed by atoms with E-state index in [0.29, 0.717) is 24.2 Å². The number of hydrogen-bond donors (Lipinski definition) is 1. The number of aliphatic carboxylic acids is 1. The third-order valence-corrected chi connectivity index (χ3v) is 10.4. The molecule has 5 rings (SSSR count). The number of carbonyl (C=O) groups excluding carboxylic acids is 1. The SMILES string of the molecule is CC(=O)[C@H]1[C@H](C(=O)O)C[C@H]2[C@@H]3CC=C4C[C@@H](OC5CCCCO5)CC[C@]4(C)[C@H]3CC[C@@]21C. The van der Waals surface area contributed by atoms with Crippen molar-refractivity contribution in [3.8, 4) is 0 Å². The van der Waals surface area contributed by atoms with Crippen molar-refractivity contribution in [2.45, 2.75) is 97.4 Å². The highest BCUT2D eigenvalue weighted by Crippen LogP contribution is 2.67. The van der Waals surface area contributed by atoms with Crippen molar-refractivity contribution in [3.05, 3.63) is 11.6 Å². The number of Topliss-reactive ketones (excluding diaryl/α,β-unsaturated/α-hetero) is 1. The van der Waals surface area contributed by atoms with Gasteiger partial charge >= 0.3 is 5.97 Å². The molecule has 5 aliphatic rings. The molecule has 4 aliphatic carbocycles. The maximum Gasteiger partial charge on any atom is 0.307 e. The Morgan fingerprint density at radius 2 is 1.94 bits per heavy atom. The summed E-state index contributed by atoms with van der Waals surface area (Å²) in [6, 6.07) is 0. The van der Waals surface area contributed by atoms with E-state index in [1.165, 1.54) is 6.42 Å². The van der Waals surface area contributed by atoms with E-state index in [0.717, 1.165) is 58.0 Å². The second-order valence-electron chi connectivity index (χ2n) is 11.9. The normalized spacial score (nSPS) is 48.2. The van der Waals surface area contributed by atoms with Crippen LogP contribution in [0.3, 0.4) is 0 Å². The first-order chi connectivity index (χ1) is 15.2. The average Bonchev–Trinajstić information content (AvgIpc) is 3.08. The molecule has 5 heteroatoms. The third kappa shape index (κ3) is 3.50. The molecule has 5 nitrogen and oxygen atoms in total.